The average Bonchev–Trinajstić information content (AvgIpc) is 2.68. The Kier molecular flexibility index (Phi) is 8.71. The zero-order valence-electron chi connectivity index (χ0n) is 15.4. The molecule has 26 heavy (non-hydrogen) atoms. The molecule has 0 aliphatic rings. The summed E-state index contributed by atoms with van der Waals surface area (Å²) in [5.41, 5.74) is 1.31. The van der Waals surface area contributed by atoms with Crippen molar-refractivity contribution in [3.8, 4) is 11.5 Å². The van der Waals surface area contributed by atoms with Gasteiger partial charge in [0.15, 0.2) is 11.5 Å². The zero-order chi connectivity index (χ0) is 18.8. The highest BCUT2D eigenvalue weighted by Gasteiger charge is 2.15. The summed E-state index contributed by atoms with van der Waals surface area (Å²) in [7, 11) is 3.21. The van der Waals surface area contributed by atoms with Crippen molar-refractivity contribution in [2.45, 2.75) is 22.8 Å². The van der Waals surface area contributed by atoms with E-state index < -0.39 is 0 Å². The first kappa shape index (κ1) is 20.5. The number of benzene rings is 2. The number of carbonyl (C=O) groups excluding carboxylic acids is 1. The molecule has 0 unspecified atom stereocenters. The Bertz CT molecular complexity index is 695. The molecule has 0 fully saturated rings. The number of hydrogen-bond donors (Lipinski definition) is 1. The summed E-state index contributed by atoms with van der Waals surface area (Å²) in [6.45, 7) is 2.58. The fourth-order valence-corrected chi connectivity index (χ4v) is 4.04. The first-order valence-corrected chi connectivity index (χ1v) is 10.5. The molecule has 0 aliphatic carbocycles. The van der Waals surface area contributed by atoms with Crippen molar-refractivity contribution >= 4 is 29.4 Å². The highest BCUT2D eigenvalue weighted by atomic mass is 32.2. The predicted octanol–water partition coefficient (Wildman–Crippen LogP) is 4.23. The maximum absolute atomic E-state index is 12.3. The molecule has 0 aliphatic heterocycles. The predicted molar refractivity (Wildman–Crippen MR) is 110 cm³/mol. The van der Waals surface area contributed by atoms with Crippen LogP contribution < -0.4 is 14.8 Å². The van der Waals surface area contributed by atoms with Gasteiger partial charge in [-0.3, -0.25) is 4.79 Å². The van der Waals surface area contributed by atoms with Crippen LogP contribution in [0.2, 0.25) is 0 Å². The molecule has 1 N–H and O–H groups in total. The Morgan fingerprint density at radius 2 is 1.81 bits per heavy atom. The molecular formula is C20H25NO3S2. The Hall–Kier alpha value is -1.79. The highest BCUT2D eigenvalue weighted by Crippen LogP contribution is 2.33. The minimum Gasteiger partial charge on any atom is -0.493 e. The largest absolute Gasteiger partial charge is 0.493 e. The highest BCUT2D eigenvalue weighted by molar-refractivity contribution is 8.00. The van der Waals surface area contributed by atoms with E-state index in [1.165, 1.54) is 17.3 Å². The Labute approximate surface area is 164 Å². The van der Waals surface area contributed by atoms with Crippen molar-refractivity contribution in [3.63, 3.8) is 0 Å². The van der Waals surface area contributed by atoms with E-state index in [2.05, 4.69) is 17.4 Å². The van der Waals surface area contributed by atoms with Gasteiger partial charge in [0.05, 0.1) is 19.5 Å². The molecule has 1 atom stereocenters. The van der Waals surface area contributed by atoms with Crippen LogP contribution in [0.4, 0.5) is 0 Å². The number of hydrogen-bond acceptors (Lipinski definition) is 5. The van der Waals surface area contributed by atoms with Crippen LogP contribution in [0.15, 0.2) is 53.4 Å². The second kappa shape index (κ2) is 11.0. The molecule has 1 amide bonds. The zero-order valence-corrected chi connectivity index (χ0v) is 17.0. The van der Waals surface area contributed by atoms with Crippen LogP contribution in [0.25, 0.3) is 0 Å². The Morgan fingerprint density at radius 1 is 1.08 bits per heavy atom. The van der Waals surface area contributed by atoms with Gasteiger partial charge in [0, 0.05) is 22.9 Å². The van der Waals surface area contributed by atoms with Crippen molar-refractivity contribution in [2.24, 2.45) is 0 Å². The van der Waals surface area contributed by atoms with Gasteiger partial charge in [0.1, 0.15) is 0 Å². The summed E-state index contributed by atoms with van der Waals surface area (Å²) in [5.74, 6) is 3.26. The molecule has 0 radical (unpaired) electrons. The summed E-state index contributed by atoms with van der Waals surface area (Å²) in [5, 5.41) is 2.83. The normalized spacial score (nSPS) is 11.7. The molecule has 0 spiro atoms. The van der Waals surface area contributed by atoms with Gasteiger partial charge in [-0.25, -0.2) is 0 Å². The van der Waals surface area contributed by atoms with Gasteiger partial charge in [0.2, 0.25) is 5.91 Å². The molecule has 2 aromatic carbocycles. The SMILES string of the molecule is COc1ccc(S[C@@H](C)C(=O)NCCSCc2ccccc2)cc1OC. The number of nitrogens with one attached hydrogen (secondary N) is 1. The van der Waals surface area contributed by atoms with E-state index in [1.807, 2.05) is 55.1 Å². The third-order valence-corrected chi connectivity index (χ3v) is 5.82. The molecule has 0 saturated heterocycles. The van der Waals surface area contributed by atoms with Crippen molar-refractivity contribution in [3.05, 3.63) is 54.1 Å². The number of amides is 1. The maximum Gasteiger partial charge on any atom is 0.233 e. The molecule has 140 valence electrons. The summed E-state index contributed by atoms with van der Waals surface area (Å²) < 4.78 is 10.5. The van der Waals surface area contributed by atoms with Gasteiger partial charge in [-0.15, -0.1) is 11.8 Å². The lowest BCUT2D eigenvalue weighted by Gasteiger charge is -2.14. The lowest BCUT2D eigenvalue weighted by atomic mass is 10.2. The summed E-state index contributed by atoms with van der Waals surface area (Å²) in [6, 6.07) is 16.0. The molecule has 0 bridgehead atoms. The Morgan fingerprint density at radius 3 is 2.50 bits per heavy atom. The molecule has 0 heterocycles. The van der Waals surface area contributed by atoms with Crippen LogP contribution in [0.5, 0.6) is 11.5 Å². The molecule has 6 heteroatoms. The third-order valence-electron chi connectivity index (χ3n) is 3.69. The summed E-state index contributed by atoms with van der Waals surface area (Å²) in [4.78, 5) is 13.2. The van der Waals surface area contributed by atoms with Gasteiger partial charge >= 0.3 is 0 Å². The lowest BCUT2D eigenvalue weighted by molar-refractivity contribution is -0.120. The molecule has 2 rings (SSSR count). The van der Waals surface area contributed by atoms with E-state index in [0.717, 1.165) is 16.4 Å². The van der Waals surface area contributed by atoms with Crippen molar-refractivity contribution < 1.29 is 14.3 Å². The average molecular weight is 392 g/mol. The van der Waals surface area contributed by atoms with E-state index in [0.29, 0.717) is 18.0 Å². The standard InChI is InChI=1S/C20H25NO3S2/c1-15(26-17-9-10-18(23-2)19(13-17)24-3)20(22)21-11-12-25-14-16-7-5-4-6-8-16/h4-10,13,15H,11-12,14H2,1-3H3,(H,21,22)/t15-/m0/s1. The third kappa shape index (κ3) is 6.50. The quantitative estimate of drug-likeness (QED) is 0.485. The van der Waals surface area contributed by atoms with Gasteiger partial charge in [0.25, 0.3) is 0 Å². The fraction of sp³-hybridized carbons (Fsp3) is 0.350. The first-order chi connectivity index (χ1) is 12.6. The smallest absolute Gasteiger partial charge is 0.233 e. The molecule has 0 aromatic heterocycles. The van der Waals surface area contributed by atoms with Gasteiger partial charge < -0.3 is 14.8 Å². The first-order valence-electron chi connectivity index (χ1n) is 8.42. The monoisotopic (exact) mass is 391 g/mol. The van der Waals surface area contributed by atoms with E-state index in [-0.39, 0.29) is 11.2 Å². The van der Waals surface area contributed by atoms with Gasteiger partial charge in [-0.1, -0.05) is 30.3 Å². The second-order valence-electron chi connectivity index (χ2n) is 5.61. The van der Waals surface area contributed by atoms with Gasteiger partial charge in [-0.05, 0) is 30.7 Å². The Balaban J connectivity index is 1.72. The van der Waals surface area contributed by atoms with Crippen LogP contribution in [0.3, 0.4) is 0 Å². The minimum atomic E-state index is -0.174. The fourth-order valence-electron chi connectivity index (χ4n) is 2.30. The number of rotatable bonds is 10. The summed E-state index contributed by atoms with van der Waals surface area (Å²) in [6.07, 6.45) is 0. The van der Waals surface area contributed by atoms with Crippen LogP contribution >= 0.6 is 23.5 Å². The number of carbonyl (C=O) groups is 1. The molecular weight excluding hydrogens is 366 g/mol. The van der Waals surface area contributed by atoms with E-state index >= 15 is 0 Å². The van der Waals surface area contributed by atoms with Crippen LogP contribution in [-0.2, 0) is 10.5 Å². The van der Waals surface area contributed by atoms with Crippen molar-refractivity contribution in [2.75, 3.05) is 26.5 Å². The topological polar surface area (TPSA) is 47.6 Å². The molecule has 0 saturated carbocycles. The van der Waals surface area contributed by atoms with Gasteiger partial charge in [-0.2, -0.15) is 11.8 Å². The lowest BCUT2D eigenvalue weighted by Crippen LogP contribution is -2.32. The van der Waals surface area contributed by atoms with E-state index in [1.54, 1.807) is 14.2 Å². The molecule has 2 aromatic rings. The maximum atomic E-state index is 12.3. The number of ether oxygens (including phenoxy) is 2. The number of methoxy groups -OCH3 is 2. The summed E-state index contributed by atoms with van der Waals surface area (Å²) >= 11 is 3.33. The van der Waals surface area contributed by atoms with E-state index in [9.17, 15) is 4.79 Å². The van der Waals surface area contributed by atoms with E-state index in [4.69, 9.17) is 9.47 Å². The minimum absolute atomic E-state index is 0.0464. The van der Waals surface area contributed by atoms with Crippen molar-refractivity contribution in [1.29, 1.82) is 0 Å². The number of thioether (sulfide) groups is 2. The van der Waals surface area contributed by atoms with Crippen molar-refractivity contribution in [1.82, 2.24) is 5.32 Å². The molecule has 4 nitrogen and oxygen atoms in total. The van der Waals surface area contributed by atoms with Crippen LogP contribution in [0.1, 0.15) is 12.5 Å². The van der Waals surface area contributed by atoms with Crippen LogP contribution in [0, 0.1) is 0 Å². The van der Waals surface area contributed by atoms with Crippen LogP contribution in [-0.4, -0.2) is 37.7 Å². The second-order valence-corrected chi connectivity index (χ2v) is 8.13.